The number of carbonyl (C=O) groups is 1. The van der Waals surface area contributed by atoms with Gasteiger partial charge in [-0.05, 0) is 80.8 Å². The van der Waals surface area contributed by atoms with Gasteiger partial charge in [-0.15, -0.1) is 0 Å². The Balaban J connectivity index is 1.29. The van der Waals surface area contributed by atoms with Crippen LogP contribution < -0.4 is 14.8 Å². The highest BCUT2D eigenvalue weighted by atomic mass is 31.2. The van der Waals surface area contributed by atoms with Gasteiger partial charge in [-0.3, -0.25) is 4.79 Å². The minimum Gasteiger partial charge on any atom is -0.497 e. The number of fused-ring (bicyclic) bond motifs is 1. The lowest BCUT2D eigenvalue weighted by atomic mass is 9.79. The lowest BCUT2D eigenvalue weighted by Crippen LogP contribution is -2.38. The summed E-state index contributed by atoms with van der Waals surface area (Å²) in [5, 5.41) is 13.9. The Morgan fingerprint density at radius 3 is 1.98 bits per heavy atom. The van der Waals surface area contributed by atoms with Gasteiger partial charge in [0, 0.05) is 29.5 Å². The second-order valence-electron chi connectivity index (χ2n) is 15.7. The van der Waals surface area contributed by atoms with Gasteiger partial charge in [-0.1, -0.05) is 84.9 Å². The molecule has 62 heavy (non-hydrogen) atoms. The summed E-state index contributed by atoms with van der Waals surface area (Å²) in [7, 11) is 1.27. The fraction of sp³-hybridized carbons (Fsp3) is 0.312. The molecular weight excluding hydrogens is 802 g/mol. The number of methoxy groups -OCH3 is 2. The smallest absolute Gasteiger partial charge is 0.256 e. The third-order valence-corrected chi connectivity index (χ3v) is 13.0. The van der Waals surface area contributed by atoms with Gasteiger partial charge in [0.25, 0.3) is 14.4 Å². The van der Waals surface area contributed by atoms with E-state index in [4.69, 9.17) is 23.7 Å². The Morgan fingerprint density at radius 2 is 1.42 bits per heavy atom. The number of nitriles is 1. The van der Waals surface area contributed by atoms with Crippen LogP contribution in [0.1, 0.15) is 60.8 Å². The molecule has 13 nitrogen and oxygen atoms in total. The molecule has 2 heterocycles. The van der Waals surface area contributed by atoms with Crippen LogP contribution in [0.25, 0.3) is 11.2 Å². The summed E-state index contributed by atoms with van der Waals surface area (Å²) in [5.41, 5.74) is 2.91. The molecule has 320 valence electrons. The average molecular weight is 854 g/mol. The van der Waals surface area contributed by atoms with E-state index in [0.29, 0.717) is 28.2 Å². The van der Waals surface area contributed by atoms with Crippen molar-refractivity contribution in [1.82, 2.24) is 24.2 Å². The maximum absolute atomic E-state index is 13.2. The zero-order chi connectivity index (χ0) is 43.8. The van der Waals surface area contributed by atoms with E-state index in [2.05, 4.69) is 45.6 Å². The first-order valence-corrected chi connectivity index (χ1v) is 21.8. The third-order valence-electron chi connectivity index (χ3n) is 11.3. The van der Waals surface area contributed by atoms with Gasteiger partial charge in [0.1, 0.15) is 23.4 Å². The predicted molar refractivity (Wildman–Crippen MR) is 239 cm³/mol. The van der Waals surface area contributed by atoms with E-state index in [-0.39, 0.29) is 42.9 Å². The molecule has 0 fully saturated rings. The Kier molecular flexibility index (Phi) is 14.1. The Bertz CT molecular complexity index is 2420. The molecule has 4 aromatic carbocycles. The first kappa shape index (κ1) is 44.1. The van der Waals surface area contributed by atoms with Gasteiger partial charge in [-0.25, -0.2) is 19.6 Å². The zero-order valence-corrected chi connectivity index (χ0v) is 36.6. The van der Waals surface area contributed by atoms with Crippen LogP contribution in [0.2, 0.25) is 0 Å². The fourth-order valence-corrected chi connectivity index (χ4v) is 9.63. The molecule has 2 aromatic heterocycles. The number of hydrogen-bond donors (Lipinski definition) is 2. The molecule has 2 N–H and O–H groups in total. The maximum atomic E-state index is 13.2. The van der Waals surface area contributed by atoms with E-state index in [9.17, 15) is 14.9 Å². The third kappa shape index (κ3) is 9.12. The van der Waals surface area contributed by atoms with E-state index >= 15 is 0 Å². The number of anilines is 1. The molecule has 14 heteroatoms. The molecule has 0 aliphatic heterocycles. The maximum Gasteiger partial charge on any atom is 0.256 e. The van der Waals surface area contributed by atoms with Crippen molar-refractivity contribution < 1.29 is 28.4 Å². The molecule has 1 amide bonds. The number of hydrogen-bond acceptors (Lipinski definition) is 11. The van der Waals surface area contributed by atoms with E-state index < -0.39 is 32.0 Å². The summed E-state index contributed by atoms with van der Waals surface area (Å²) in [6.07, 6.45) is 7.19. The van der Waals surface area contributed by atoms with E-state index in [1.165, 1.54) is 6.33 Å². The molecule has 1 aliphatic rings. The number of allylic oxidation sites excluding steroid dienone is 1. The normalized spacial score (nSPS) is 17.3. The van der Waals surface area contributed by atoms with Crippen LogP contribution in [0.15, 0.2) is 134 Å². The molecule has 0 radical (unpaired) electrons. The van der Waals surface area contributed by atoms with Gasteiger partial charge in [0.15, 0.2) is 17.0 Å². The van der Waals surface area contributed by atoms with Gasteiger partial charge in [0.2, 0.25) is 0 Å². The lowest BCUT2D eigenvalue weighted by molar-refractivity contribution is -0.0156. The highest BCUT2D eigenvalue weighted by Gasteiger charge is 2.44. The molecule has 0 saturated heterocycles. The van der Waals surface area contributed by atoms with Crippen LogP contribution >= 0.6 is 8.53 Å². The fourth-order valence-electron chi connectivity index (χ4n) is 8.41. The molecule has 0 spiro atoms. The standard InChI is InChI=1S/C48H52N7O6P/c1-32(2)55(33(3)4)62(57)61-29-36(27-49)43-35(17-26-42(43)54-31-52-44-45(50-30-51-46(44)54)53-47(56)34-13-9-7-10-14-34)28-60-48(37-15-11-8-12-16-37,38-18-22-40(58-5)23-19-38)39-20-24-41(59-6)25-21-39/h7-26,30-33,35-36,42-43,57H,28-29H2,1-6H3,(H,50,51,53,56)/t35-,36?,42+,43+,62?/m0/s1. The van der Waals surface area contributed by atoms with Crippen molar-refractivity contribution in [2.75, 3.05) is 32.8 Å². The minimum absolute atomic E-state index is 0.0179. The minimum atomic E-state index is -2.01. The van der Waals surface area contributed by atoms with E-state index in [0.717, 1.165) is 16.7 Å². The van der Waals surface area contributed by atoms with Crippen LogP contribution in [0.3, 0.4) is 0 Å². The molecular formula is C48H52N7O6P. The Morgan fingerprint density at radius 1 is 0.839 bits per heavy atom. The average Bonchev–Trinajstić information content (AvgIpc) is 3.92. The highest BCUT2D eigenvalue weighted by Crippen LogP contribution is 2.48. The zero-order valence-electron chi connectivity index (χ0n) is 35.7. The number of aromatic nitrogens is 4. The second kappa shape index (κ2) is 19.8. The van der Waals surface area contributed by atoms with Crippen molar-refractivity contribution in [1.29, 1.82) is 5.26 Å². The first-order chi connectivity index (χ1) is 30.1. The topological polar surface area (TPSA) is 157 Å². The van der Waals surface area contributed by atoms with Crippen molar-refractivity contribution in [3.8, 4) is 17.6 Å². The summed E-state index contributed by atoms with van der Waals surface area (Å²) >= 11 is 0. The number of amides is 1. The largest absolute Gasteiger partial charge is 0.497 e. The summed E-state index contributed by atoms with van der Waals surface area (Å²) in [6.45, 7) is 8.18. The number of carbonyl (C=O) groups excluding carboxylic acids is 1. The number of benzene rings is 4. The molecule has 0 bridgehead atoms. The SMILES string of the molecule is COc1ccc(C(OC[C@@H]2C=C[C@@H](n3cnc4c(NC(=O)c5ccccc5)ncnc43)[C@H]2C(C#N)COP(O)N(C(C)C)C(C)C)(c2ccccc2)c2ccc(OC)cc2)cc1. The second-order valence-corrected chi connectivity index (χ2v) is 16.9. The summed E-state index contributed by atoms with van der Waals surface area (Å²) in [5.74, 6) is -0.134. The monoisotopic (exact) mass is 853 g/mol. The number of rotatable bonds is 18. The number of ether oxygens (including phenoxy) is 3. The van der Waals surface area contributed by atoms with E-state index in [1.807, 2.05) is 110 Å². The van der Waals surface area contributed by atoms with Gasteiger partial charge in [-0.2, -0.15) is 5.26 Å². The number of imidazole rings is 1. The van der Waals surface area contributed by atoms with Gasteiger partial charge < -0.3 is 33.5 Å². The summed E-state index contributed by atoms with van der Waals surface area (Å²) in [6, 6.07) is 36.8. The molecule has 5 atom stereocenters. The molecule has 1 aliphatic carbocycles. The molecule has 7 rings (SSSR count). The van der Waals surface area contributed by atoms with Crippen LogP contribution in [0.5, 0.6) is 11.5 Å². The number of nitrogens with one attached hydrogen (secondary N) is 1. The summed E-state index contributed by atoms with van der Waals surface area (Å²) < 4.78 is 28.6. The van der Waals surface area contributed by atoms with Crippen molar-refractivity contribution in [3.05, 3.63) is 156 Å². The predicted octanol–water partition coefficient (Wildman–Crippen LogP) is 8.94. The Labute approximate surface area is 363 Å². The van der Waals surface area contributed by atoms with Crippen LogP contribution in [-0.4, -0.2) is 74.5 Å². The van der Waals surface area contributed by atoms with Crippen molar-refractivity contribution in [3.63, 3.8) is 0 Å². The summed E-state index contributed by atoms with van der Waals surface area (Å²) in [4.78, 5) is 38.3. The highest BCUT2D eigenvalue weighted by molar-refractivity contribution is 7.43. The van der Waals surface area contributed by atoms with E-state index in [1.54, 1.807) is 44.8 Å². The van der Waals surface area contributed by atoms with Crippen molar-refractivity contribution >= 4 is 31.4 Å². The van der Waals surface area contributed by atoms with Crippen LogP contribution in [0.4, 0.5) is 5.82 Å². The van der Waals surface area contributed by atoms with Crippen LogP contribution in [-0.2, 0) is 14.9 Å². The number of nitrogens with zero attached hydrogens (tertiary/aromatic N) is 6. The first-order valence-electron chi connectivity index (χ1n) is 20.6. The van der Waals surface area contributed by atoms with Gasteiger partial charge in [0.05, 0.1) is 51.8 Å². The van der Waals surface area contributed by atoms with Crippen molar-refractivity contribution in [2.45, 2.75) is 51.4 Å². The molecule has 2 unspecified atom stereocenters. The van der Waals surface area contributed by atoms with Crippen molar-refractivity contribution in [2.24, 2.45) is 17.8 Å². The quantitative estimate of drug-likeness (QED) is 0.0483. The molecule has 0 saturated carbocycles. The van der Waals surface area contributed by atoms with Gasteiger partial charge >= 0.3 is 0 Å². The Hall–Kier alpha value is -6.00. The van der Waals surface area contributed by atoms with Crippen LogP contribution in [0, 0.1) is 29.1 Å². The lowest BCUT2D eigenvalue weighted by Gasteiger charge is -2.38. The molecule has 6 aromatic rings.